The summed E-state index contributed by atoms with van der Waals surface area (Å²) >= 11 is 6.15. The Kier molecular flexibility index (Phi) is 7.06. The molecule has 1 N–H and O–H groups in total. The molecule has 3 rings (SSSR count). The average Bonchev–Trinajstić information content (AvgIpc) is 3.12. The first-order chi connectivity index (χ1) is 14.5. The number of carbonyl (C=O) groups excluding carboxylic acids is 2. The van der Waals surface area contributed by atoms with Gasteiger partial charge >= 0.3 is 0 Å². The van der Waals surface area contributed by atoms with Crippen molar-refractivity contribution in [1.82, 2.24) is 24.9 Å². The van der Waals surface area contributed by atoms with Gasteiger partial charge in [-0.2, -0.15) is 5.10 Å². The molecule has 0 bridgehead atoms. The zero-order valence-corrected chi connectivity index (χ0v) is 19.7. The summed E-state index contributed by atoms with van der Waals surface area (Å²) in [5.41, 5.74) is 2.09. The Morgan fingerprint density at radius 2 is 1.84 bits per heavy atom. The van der Waals surface area contributed by atoms with Crippen molar-refractivity contribution >= 4 is 23.4 Å². The molecule has 1 aliphatic rings. The minimum atomic E-state index is -0.245. The molecule has 1 fully saturated rings. The van der Waals surface area contributed by atoms with Crippen LogP contribution in [0.4, 0.5) is 0 Å². The Morgan fingerprint density at radius 3 is 2.42 bits per heavy atom. The molecule has 0 spiro atoms. The minimum Gasteiger partial charge on any atom is -0.350 e. The van der Waals surface area contributed by atoms with Crippen LogP contribution < -0.4 is 5.32 Å². The van der Waals surface area contributed by atoms with E-state index in [9.17, 15) is 9.59 Å². The lowest BCUT2D eigenvalue weighted by atomic mass is 10.0. The molecule has 8 heteroatoms. The number of piperazine rings is 1. The van der Waals surface area contributed by atoms with Gasteiger partial charge in [0.15, 0.2) is 0 Å². The molecule has 0 aliphatic carbocycles. The van der Waals surface area contributed by atoms with Gasteiger partial charge in [-0.1, -0.05) is 31.5 Å². The van der Waals surface area contributed by atoms with Gasteiger partial charge in [0.1, 0.15) is 0 Å². The van der Waals surface area contributed by atoms with Crippen LogP contribution in [0.2, 0.25) is 5.02 Å². The Labute approximate surface area is 189 Å². The summed E-state index contributed by atoms with van der Waals surface area (Å²) in [6.45, 7) is 12.9. The summed E-state index contributed by atoms with van der Waals surface area (Å²) in [4.78, 5) is 29.4. The second kappa shape index (κ2) is 9.40. The molecule has 7 nitrogen and oxygen atoms in total. The van der Waals surface area contributed by atoms with Gasteiger partial charge < -0.3 is 10.2 Å². The van der Waals surface area contributed by atoms with E-state index in [0.717, 1.165) is 11.4 Å². The number of amides is 2. The maximum absolute atomic E-state index is 13.3. The number of nitrogens with one attached hydrogen (secondary N) is 1. The van der Waals surface area contributed by atoms with E-state index in [4.69, 9.17) is 11.6 Å². The molecular weight excluding hydrogens is 414 g/mol. The van der Waals surface area contributed by atoms with Crippen LogP contribution in [-0.2, 0) is 4.79 Å². The van der Waals surface area contributed by atoms with E-state index in [0.29, 0.717) is 43.3 Å². The van der Waals surface area contributed by atoms with E-state index in [1.165, 1.54) is 0 Å². The molecular formula is C23H32ClN5O2. The van der Waals surface area contributed by atoms with E-state index in [2.05, 4.69) is 29.2 Å². The van der Waals surface area contributed by atoms with E-state index < -0.39 is 0 Å². The molecule has 0 unspecified atom stereocenters. The van der Waals surface area contributed by atoms with E-state index in [-0.39, 0.29) is 23.3 Å². The normalized spacial score (nSPS) is 15.4. The van der Waals surface area contributed by atoms with Crippen LogP contribution in [0.5, 0.6) is 0 Å². The third-order valence-corrected chi connectivity index (χ3v) is 5.41. The van der Waals surface area contributed by atoms with Gasteiger partial charge in [-0.05, 0) is 44.9 Å². The quantitative estimate of drug-likeness (QED) is 0.766. The summed E-state index contributed by atoms with van der Waals surface area (Å²) < 4.78 is 1.80. The van der Waals surface area contributed by atoms with Crippen LogP contribution in [0.3, 0.4) is 0 Å². The van der Waals surface area contributed by atoms with Crippen LogP contribution in [0.1, 0.15) is 56.6 Å². The number of rotatable bonds is 5. The predicted octanol–water partition coefficient (Wildman–Crippen LogP) is 3.32. The van der Waals surface area contributed by atoms with E-state index in [1.54, 1.807) is 10.9 Å². The molecule has 1 aromatic carbocycles. The number of carbonyl (C=O) groups is 2. The van der Waals surface area contributed by atoms with Crippen LogP contribution >= 0.6 is 11.6 Å². The standard InChI is InChI=1S/C23H32ClN5O2/c1-16(2)21-19(14-25-29(21)18-8-6-7-17(24)13-18)22(31)28-11-9-27(10-12-28)15-20(30)26-23(3,4)5/h6-8,13-14,16H,9-12,15H2,1-5H3,(H,26,30). The Morgan fingerprint density at radius 1 is 1.16 bits per heavy atom. The van der Waals surface area contributed by atoms with Gasteiger partial charge in [0, 0.05) is 36.7 Å². The van der Waals surface area contributed by atoms with Crippen molar-refractivity contribution in [2.75, 3.05) is 32.7 Å². The SMILES string of the molecule is CC(C)c1c(C(=O)N2CCN(CC(=O)NC(C)(C)C)CC2)cnn1-c1cccc(Cl)c1. The molecule has 0 atom stereocenters. The third kappa shape index (κ3) is 5.86. The van der Waals surface area contributed by atoms with E-state index >= 15 is 0 Å². The first-order valence-corrected chi connectivity index (χ1v) is 11.1. The fourth-order valence-electron chi connectivity index (χ4n) is 3.83. The third-order valence-electron chi connectivity index (χ3n) is 5.18. The van der Waals surface area contributed by atoms with Gasteiger partial charge in [0.25, 0.3) is 5.91 Å². The van der Waals surface area contributed by atoms with Gasteiger partial charge in [-0.3, -0.25) is 14.5 Å². The van der Waals surface area contributed by atoms with Crippen LogP contribution in [0.15, 0.2) is 30.5 Å². The highest BCUT2D eigenvalue weighted by Gasteiger charge is 2.28. The maximum Gasteiger partial charge on any atom is 0.257 e. The number of nitrogens with zero attached hydrogens (tertiary/aromatic N) is 4. The summed E-state index contributed by atoms with van der Waals surface area (Å²) in [7, 11) is 0. The first kappa shape index (κ1) is 23.3. The average molecular weight is 446 g/mol. The van der Waals surface area contributed by atoms with Crippen LogP contribution in [-0.4, -0.2) is 69.7 Å². The molecule has 168 valence electrons. The molecule has 1 aliphatic heterocycles. The summed E-state index contributed by atoms with van der Waals surface area (Å²) in [6, 6.07) is 7.47. The largest absolute Gasteiger partial charge is 0.350 e. The van der Waals surface area contributed by atoms with Gasteiger partial charge in [-0.15, -0.1) is 0 Å². The number of halogens is 1. The molecule has 2 amide bonds. The molecule has 0 radical (unpaired) electrons. The van der Waals surface area contributed by atoms with Gasteiger partial charge in [0.2, 0.25) is 5.91 Å². The number of hydrogen-bond donors (Lipinski definition) is 1. The zero-order valence-electron chi connectivity index (χ0n) is 19.0. The monoisotopic (exact) mass is 445 g/mol. The molecule has 2 aromatic rings. The minimum absolute atomic E-state index is 0.0113. The molecule has 1 aromatic heterocycles. The smallest absolute Gasteiger partial charge is 0.257 e. The number of hydrogen-bond acceptors (Lipinski definition) is 4. The highest BCUT2D eigenvalue weighted by molar-refractivity contribution is 6.30. The maximum atomic E-state index is 13.3. The fourth-order valence-corrected chi connectivity index (χ4v) is 4.02. The van der Waals surface area contributed by atoms with Crippen LogP contribution in [0, 0.1) is 0 Å². The lowest BCUT2D eigenvalue weighted by Crippen LogP contribution is -2.52. The highest BCUT2D eigenvalue weighted by Crippen LogP contribution is 2.25. The van der Waals surface area contributed by atoms with E-state index in [1.807, 2.05) is 49.9 Å². The van der Waals surface area contributed by atoms with Crippen molar-refractivity contribution in [3.63, 3.8) is 0 Å². The molecule has 1 saturated heterocycles. The zero-order chi connectivity index (χ0) is 22.8. The highest BCUT2D eigenvalue weighted by atomic mass is 35.5. The first-order valence-electron chi connectivity index (χ1n) is 10.7. The van der Waals surface area contributed by atoms with Crippen LogP contribution in [0.25, 0.3) is 5.69 Å². The Hall–Kier alpha value is -2.38. The van der Waals surface area contributed by atoms with Gasteiger partial charge in [0.05, 0.1) is 29.7 Å². The lowest BCUT2D eigenvalue weighted by Gasteiger charge is -2.35. The van der Waals surface area contributed by atoms with Crippen molar-refractivity contribution in [1.29, 1.82) is 0 Å². The lowest BCUT2D eigenvalue weighted by molar-refractivity contribution is -0.124. The van der Waals surface area contributed by atoms with Crippen molar-refractivity contribution in [3.05, 3.63) is 46.7 Å². The van der Waals surface area contributed by atoms with Crippen molar-refractivity contribution in [2.45, 2.75) is 46.1 Å². The predicted molar refractivity (Wildman–Crippen MR) is 123 cm³/mol. The number of benzene rings is 1. The molecule has 0 saturated carbocycles. The molecule has 31 heavy (non-hydrogen) atoms. The van der Waals surface area contributed by atoms with Gasteiger partial charge in [-0.25, -0.2) is 4.68 Å². The second-order valence-electron chi connectivity index (χ2n) is 9.36. The summed E-state index contributed by atoms with van der Waals surface area (Å²) in [5.74, 6) is 0.107. The summed E-state index contributed by atoms with van der Waals surface area (Å²) in [6.07, 6.45) is 1.65. The summed E-state index contributed by atoms with van der Waals surface area (Å²) in [5, 5.41) is 8.11. The Bertz CT molecular complexity index is 940. The second-order valence-corrected chi connectivity index (χ2v) is 9.79. The fraction of sp³-hybridized carbons (Fsp3) is 0.522. The van der Waals surface area contributed by atoms with Crippen molar-refractivity contribution in [2.24, 2.45) is 0 Å². The topological polar surface area (TPSA) is 70.5 Å². The Balaban J connectivity index is 1.69. The number of aromatic nitrogens is 2. The van der Waals surface area contributed by atoms with Crippen molar-refractivity contribution < 1.29 is 9.59 Å². The van der Waals surface area contributed by atoms with Crippen molar-refractivity contribution in [3.8, 4) is 5.69 Å². The molecule has 2 heterocycles.